The Hall–Kier alpha value is -5.09. The first kappa shape index (κ1) is 32.5. The summed E-state index contributed by atoms with van der Waals surface area (Å²) in [6, 6.07) is 30.9. The summed E-state index contributed by atoms with van der Waals surface area (Å²) in [5.74, 6) is 1.60. The molecule has 2 fully saturated rings. The van der Waals surface area contributed by atoms with Crippen molar-refractivity contribution in [2.45, 2.75) is 39.0 Å². The second-order valence-corrected chi connectivity index (χ2v) is 13.2. The van der Waals surface area contributed by atoms with Crippen LogP contribution in [0.15, 0.2) is 91.0 Å². The number of aryl methyl sites for hydroxylation is 1. The average molecular weight is 661 g/mol. The molecule has 1 atom stereocenters. The predicted octanol–water partition coefficient (Wildman–Crippen LogP) is 6.69. The van der Waals surface area contributed by atoms with Crippen LogP contribution >= 0.6 is 0 Å². The zero-order valence-electron chi connectivity index (χ0n) is 28.2. The number of nitrogens with zero attached hydrogens (tertiary/aromatic N) is 6. The number of carbonyl (C=O) groups is 1. The van der Waals surface area contributed by atoms with E-state index in [0.29, 0.717) is 44.0 Å². The van der Waals surface area contributed by atoms with Crippen LogP contribution in [0.2, 0.25) is 0 Å². The lowest BCUT2D eigenvalue weighted by molar-refractivity contribution is 0.0632. The molecule has 10 nitrogen and oxygen atoms in total. The minimum Gasteiger partial charge on any atom is -0.473 e. The molecule has 5 aromatic rings. The summed E-state index contributed by atoms with van der Waals surface area (Å²) < 4.78 is 14.4. The van der Waals surface area contributed by atoms with Gasteiger partial charge in [-0.05, 0) is 61.1 Å². The van der Waals surface area contributed by atoms with E-state index in [2.05, 4.69) is 34.9 Å². The minimum absolute atomic E-state index is 0.252. The number of hydrogen-bond acceptors (Lipinski definition) is 7. The number of carboxylic acid groups (broad SMARTS) is 1. The van der Waals surface area contributed by atoms with Crippen LogP contribution in [-0.2, 0) is 20.3 Å². The van der Waals surface area contributed by atoms with Crippen molar-refractivity contribution in [3.8, 4) is 23.0 Å². The van der Waals surface area contributed by atoms with Crippen molar-refractivity contribution in [3.63, 3.8) is 0 Å². The first-order valence-corrected chi connectivity index (χ1v) is 17.2. The van der Waals surface area contributed by atoms with Gasteiger partial charge in [-0.2, -0.15) is 10.1 Å². The highest BCUT2D eigenvalue weighted by Gasteiger charge is 2.30. The van der Waals surface area contributed by atoms with Crippen LogP contribution in [0.4, 0.5) is 10.5 Å². The Morgan fingerprint density at radius 2 is 1.55 bits per heavy atom. The van der Waals surface area contributed by atoms with E-state index in [9.17, 15) is 9.90 Å². The Kier molecular flexibility index (Phi) is 9.65. The predicted molar refractivity (Wildman–Crippen MR) is 191 cm³/mol. The quantitative estimate of drug-likeness (QED) is 0.177. The van der Waals surface area contributed by atoms with Gasteiger partial charge in [0, 0.05) is 69.5 Å². The molecule has 2 saturated heterocycles. The van der Waals surface area contributed by atoms with Gasteiger partial charge in [0.15, 0.2) is 0 Å². The number of benzene rings is 3. The maximum atomic E-state index is 11.4. The highest BCUT2D eigenvalue weighted by molar-refractivity contribution is 5.96. The van der Waals surface area contributed by atoms with E-state index in [1.165, 1.54) is 10.6 Å². The summed E-state index contributed by atoms with van der Waals surface area (Å²) >= 11 is 0. The molecule has 0 radical (unpaired) electrons. The topological polar surface area (TPSA) is 96.2 Å². The maximum absolute atomic E-state index is 11.4. The SMILES string of the molecule is CC1CN(C(=O)O)CCN1CC1CCN(c2ccc3c(-c4ccc(OCc5ccccc5)nc4OCc4ccccc4)nn(C)c3c2)CC1. The summed E-state index contributed by atoms with van der Waals surface area (Å²) in [6.45, 7) is 7.96. The van der Waals surface area contributed by atoms with Crippen molar-refractivity contribution >= 4 is 22.7 Å². The van der Waals surface area contributed by atoms with Gasteiger partial charge < -0.3 is 24.4 Å². The van der Waals surface area contributed by atoms with Crippen molar-refractivity contribution < 1.29 is 19.4 Å². The first-order valence-electron chi connectivity index (χ1n) is 17.2. The Morgan fingerprint density at radius 1 is 0.857 bits per heavy atom. The van der Waals surface area contributed by atoms with Crippen LogP contribution in [-0.4, -0.2) is 81.1 Å². The van der Waals surface area contributed by atoms with E-state index < -0.39 is 6.09 Å². The Balaban J connectivity index is 1.07. The molecule has 4 heterocycles. The Labute approximate surface area is 287 Å². The van der Waals surface area contributed by atoms with Gasteiger partial charge in [0.05, 0.1) is 11.1 Å². The van der Waals surface area contributed by atoms with E-state index >= 15 is 0 Å². The van der Waals surface area contributed by atoms with Crippen molar-refractivity contribution in [2.75, 3.05) is 44.2 Å². The first-order chi connectivity index (χ1) is 23.9. The number of piperazine rings is 1. The molecule has 7 rings (SSSR count). The number of anilines is 1. The number of piperidine rings is 1. The van der Waals surface area contributed by atoms with Crippen LogP contribution in [0.25, 0.3) is 22.2 Å². The molecule has 0 bridgehead atoms. The third-order valence-corrected chi connectivity index (χ3v) is 9.88. The number of aromatic nitrogens is 3. The van der Waals surface area contributed by atoms with Gasteiger partial charge in [0.25, 0.3) is 0 Å². The molecule has 10 heteroatoms. The molecule has 2 aromatic heterocycles. The van der Waals surface area contributed by atoms with Gasteiger partial charge in [0.1, 0.15) is 18.9 Å². The summed E-state index contributed by atoms with van der Waals surface area (Å²) in [6.07, 6.45) is 1.42. The van der Waals surface area contributed by atoms with E-state index in [0.717, 1.165) is 72.3 Å². The van der Waals surface area contributed by atoms with Gasteiger partial charge in [0.2, 0.25) is 11.8 Å². The third-order valence-electron chi connectivity index (χ3n) is 9.88. The van der Waals surface area contributed by atoms with Crippen molar-refractivity contribution in [1.29, 1.82) is 0 Å². The number of fused-ring (bicyclic) bond motifs is 1. The van der Waals surface area contributed by atoms with Crippen LogP contribution in [0.5, 0.6) is 11.8 Å². The molecule has 2 aliphatic rings. The third kappa shape index (κ3) is 7.49. The maximum Gasteiger partial charge on any atom is 0.407 e. The van der Waals surface area contributed by atoms with Gasteiger partial charge >= 0.3 is 6.09 Å². The molecule has 49 heavy (non-hydrogen) atoms. The van der Waals surface area contributed by atoms with Gasteiger partial charge in [-0.3, -0.25) is 9.58 Å². The minimum atomic E-state index is -0.812. The molecule has 1 unspecified atom stereocenters. The molecule has 0 spiro atoms. The highest BCUT2D eigenvalue weighted by Crippen LogP contribution is 2.37. The zero-order chi connectivity index (χ0) is 33.7. The largest absolute Gasteiger partial charge is 0.473 e. The normalized spacial score (nSPS) is 17.4. The second-order valence-electron chi connectivity index (χ2n) is 13.2. The standard InChI is InChI=1S/C39H44N6O4/c1-28-24-45(39(46)47)22-21-44(28)25-29-17-19-43(20-18-29)32-13-14-33-35(23-32)42(2)41-37(33)34-15-16-36(48-26-30-9-5-3-6-10-30)40-38(34)49-27-31-11-7-4-8-12-31/h3-16,23,28-29H,17-22,24-27H2,1-2H3,(H,46,47). The van der Waals surface area contributed by atoms with Crippen molar-refractivity contribution in [1.82, 2.24) is 24.6 Å². The zero-order valence-corrected chi connectivity index (χ0v) is 28.2. The number of amides is 1. The lowest BCUT2D eigenvalue weighted by Crippen LogP contribution is -2.54. The fourth-order valence-electron chi connectivity index (χ4n) is 7.04. The van der Waals surface area contributed by atoms with Crippen LogP contribution < -0.4 is 14.4 Å². The lowest BCUT2D eigenvalue weighted by Gasteiger charge is -2.42. The summed E-state index contributed by atoms with van der Waals surface area (Å²) in [4.78, 5) is 22.7. The van der Waals surface area contributed by atoms with Crippen molar-refractivity contribution in [3.05, 3.63) is 102 Å². The molecule has 1 amide bonds. The summed E-state index contributed by atoms with van der Waals surface area (Å²) in [5.41, 5.74) is 6.03. The van der Waals surface area contributed by atoms with Crippen LogP contribution in [0, 0.1) is 5.92 Å². The second kappa shape index (κ2) is 14.6. The van der Waals surface area contributed by atoms with E-state index in [-0.39, 0.29) is 6.04 Å². The molecular weight excluding hydrogens is 616 g/mol. The monoisotopic (exact) mass is 660 g/mol. The molecular formula is C39H44N6O4. The molecule has 1 N–H and O–H groups in total. The number of hydrogen-bond donors (Lipinski definition) is 1. The molecule has 2 aliphatic heterocycles. The Bertz CT molecular complexity index is 1870. The van der Waals surface area contributed by atoms with E-state index in [1.54, 1.807) is 0 Å². The summed E-state index contributed by atoms with van der Waals surface area (Å²) in [7, 11) is 1.99. The molecule has 254 valence electrons. The fraction of sp³-hybridized carbons (Fsp3) is 0.359. The van der Waals surface area contributed by atoms with Crippen molar-refractivity contribution in [2.24, 2.45) is 13.0 Å². The Morgan fingerprint density at radius 3 is 2.22 bits per heavy atom. The average Bonchev–Trinajstić information content (AvgIpc) is 3.46. The number of pyridine rings is 1. The van der Waals surface area contributed by atoms with Crippen LogP contribution in [0.1, 0.15) is 30.9 Å². The van der Waals surface area contributed by atoms with E-state index in [4.69, 9.17) is 19.6 Å². The van der Waals surface area contributed by atoms with Gasteiger partial charge in [-0.25, -0.2) is 4.79 Å². The smallest absolute Gasteiger partial charge is 0.407 e. The van der Waals surface area contributed by atoms with Crippen LogP contribution in [0.3, 0.4) is 0 Å². The van der Waals surface area contributed by atoms with Gasteiger partial charge in [-0.15, -0.1) is 0 Å². The fourth-order valence-corrected chi connectivity index (χ4v) is 7.04. The molecule has 3 aromatic carbocycles. The van der Waals surface area contributed by atoms with Gasteiger partial charge in [-0.1, -0.05) is 60.7 Å². The number of ether oxygens (including phenoxy) is 2. The highest BCUT2D eigenvalue weighted by atomic mass is 16.5. The summed E-state index contributed by atoms with van der Waals surface area (Å²) in [5, 5.41) is 15.4. The van der Waals surface area contributed by atoms with E-state index in [1.807, 2.05) is 84.5 Å². The molecule has 0 aliphatic carbocycles. The number of rotatable bonds is 10. The lowest BCUT2D eigenvalue weighted by atomic mass is 9.94. The molecule has 0 saturated carbocycles.